The molecule has 0 atom stereocenters. The summed E-state index contributed by atoms with van der Waals surface area (Å²) in [6.07, 6.45) is 0. The monoisotopic (exact) mass is 303 g/mol. The van der Waals surface area contributed by atoms with E-state index in [-0.39, 0.29) is 18.1 Å². The highest BCUT2D eigenvalue weighted by atomic mass is 17.0. The summed E-state index contributed by atoms with van der Waals surface area (Å²) < 4.78 is 9.84. The summed E-state index contributed by atoms with van der Waals surface area (Å²) in [5.74, 6) is -0.282. The second-order valence-electron chi connectivity index (χ2n) is 3.41. The van der Waals surface area contributed by atoms with Gasteiger partial charge in [0.15, 0.2) is 11.5 Å². The molecule has 114 valence electrons. The molecule has 12 heteroatoms. The van der Waals surface area contributed by atoms with Crippen molar-refractivity contribution in [2.24, 2.45) is 0 Å². The van der Waals surface area contributed by atoms with Crippen molar-refractivity contribution >= 4 is 11.4 Å². The molecule has 0 amide bonds. The number of nitro benzene ring substituents is 2. The second kappa shape index (κ2) is 6.83. The van der Waals surface area contributed by atoms with Gasteiger partial charge in [-0.1, -0.05) is 0 Å². The number of nitrogens with zero attached hydrogens (tertiary/aromatic N) is 3. The van der Waals surface area contributed by atoms with Crippen LogP contribution in [-0.2, 0) is 4.84 Å². The molecule has 0 fully saturated rings. The first kappa shape index (κ1) is 15.9. The Morgan fingerprint density at radius 3 is 1.90 bits per heavy atom. The number of nitro groups is 2. The number of ether oxygens (including phenoxy) is 2. The Morgan fingerprint density at radius 1 is 0.952 bits per heavy atom. The molecular weight excluding hydrogens is 294 g/mol. The molecule has 0 unspecified atom stereocenters. The maximum Gasteiger partial charge on any atom is 0.350 e. The van der Waals surface area contributed by atoms with Crippen molar-refractivity contribution < 1.29 is 29.2 Å². The van der Waals surface area contributed by atoms with E-state index in [1.54, 1.807) is 0 Å². The SMILES string of the molecule is COc1cc([N+](=O)[O-])c([N+](=O)[O-])cc1OCCO[N+](=O)[O-]. The fourth-order valence-corrected chi connectivity index (χ4v) is 1.37. The van der Waals surface area contributed by atoms with Crippen LogP contribution in [0, 0.1) is 30.3 Å². The lowest BCUT2D eigenvalue weighted by atomic mass is 10.2. The fraction of sp³-hybridized carbons (Fsp3) is 0.333. The van der Waals surface area contributed by atoms with Gasteiger partial charge in [0.05, 0.1) is 29.1 Å². The van der Waals surface area contributed by atoms with Crippen molar-refractivity contribution in [3.8, 4) is 11.5 Å². The van der Waals surface area contributed by atoms with Crippen molar-refractivity contribution in [1.82, 2.24) is 0 Å². The van der Waals surface area contributed by atoms with Crippen LogP contribution in [0.5, 0.6) is 11.5 Å². The standard InChI is InChI=1S/C9H9N3O9/c1-19-8-4-6(10(13)14)7(11(15)16)5-9(8)20-2-3-21-12(17)18/h4-5H,2-3H2,1H3. The maximum atomic E-state index is 10.8. The molecule has 1 rings (SSSR count). The first-order chi connectivity index (χ1) is 9.86. The molecule has 0 N–H and O–H groups in total. The summed E-state index contributed by atoms with van der Waals surface area (Å²) in [6.45, 7) is -0.715. The molecule has 0 saturated carbocycles. The number of methoxy groups -OCH3 is 1. The fourth-order valence-electron chi connectivity index (χ4n) is 1.37. The minimum Gasteiger partial charge on any atom is -0.493 e. The highest BCUT2D eigenvalue weighted by Crippen LogP contribution is 2.38. The van der Waals surface area contributed by atoms with Crippen LogP contribution in [0.15, 0.2) is 12.1 Å². The minimum absolute atomic E-state index is 0.117. The summed E-state index contributed by atoms with van der Waals surface area (Å²) in [5, 5.41) is 30.4. The molecule has 0 radical (unpaired) electrons. The zero-order valence-electron chi connectivity index (χ0n) is 10.6. The maximum absolute atomic E-state index is 10.8. The zero-order valence-corrected chi connectivity index (χ0v) is 10.6. The van der Waals surface area contributed by atoms with Crippen molar-refractivity contribution in [3.05, 3.63) is 42.5 Å². The van der Waals surface area contributed by atoms with Gasteiger partial charge in [-0.3, -0.25) is 20.2 Å². The van der Waals surface area contributed by atoms with E-state index >= 15 is 0 Å². The molecule has 0 heterocycles. The van der Waals surface area contributed by atoms with E-state index in [2.05, 4.69) is 4.84 Å². The second-order valence-corrected chi connectivity index (χ2v) is 3.41. The topological polar surface area (TPSA) is 157 Å². The lowest BCUT2D eigenvalue weighted by Crippen LogP contribution is -2.11. The largest absolute Gasteiger partial charge is 0.493 e. The number of hydrogen-bond acceptors (Lipinski definition) is 9. The van der Waals surface area contributed by atoms with E-state index in [1.807, 2.05) is 0 Å². The van der Waals surface area contributed by atoms with Crippen molar-refractivity contribution in [2.75, 3.05) is 20.3 Å². The van der Waals surface area contributed by atoms with E-state index in [9.17, 15) is 30.3 Å². The summed E-state index contributed by atoms with van der Waals surface area (Å²) in [4.78, 5) is 33.6. The van der Waals surface area contributed by atoms with Crippen LogP contribution < -0.4 is 9.47 Å². The van der Waals surface area contributed by atoms with Gasteiger partial charge in [0.2, 0.25) is 0 Å². The zero-order chi connectivity index (χ0) is 16.0. The lowest BCUT2D eigenvalue weighted by molar-refractivity contribution is -0.757. The van der Waals surface area contributed by atoms with Gasteiger partial charge in [-0.05, 0) is 0 Å². The van der Waals surface area contributed by atoms with Crippen LogP contribution >= 0.6 is 0 Å². The normalized spacial score (nSPS) is 9.76. The molecule has 1 aromatic rings. The first-order valence-corrected chi connectivity index (χ1v) is 5.27. The average Bonchev–Trinajstić information content (AvgIpc) is 2.42. The number of rotatable bonds is 8. The van der Waals surface area contributed by atoms with Crippen molar-refractivity contribution in [1.29, 1.82) is 0 Å². The Morgan fingerprint density at radius 2 is 1.48 bits per heavy atom. The Bertz CT molecular complexity index is 574. The smallest absolute Gasteiger partial charge is 0.350 e. The highest BCUT2D eigenvalue weighted by Gasteiger charge is 2.28. The molecule has 0 aromatic heterocycles. The molecule has 0 aliphatic rings. The number of hydrogen-bond donors (Lipinski definition) is 0. The van der Waals surface area contributed by atoms with Gasteiger partial charge < -0.3 is 14.3 Å². The lowest BCUT2D eigenvalue weighted by Gasteiger charge is -2.10. The molecule has 0 saturated heterocycles. The van der Waals surface area contributed by atoms with Gasteiger partial charge in [-0.15, -0.1) is 10.1 Å². The van der Waals surface area contributed by atoms with Crippen LogP contribution in [0.25, 0.3) is 0 Å². The van der Waals surface area contributed by atoms with E-state index in [4.69, 9.17) is 9.47 Å². The number of benzene rings is 1. The van der Waals surface area contributed by atoms with Gasteiger partial charge in [-0.25, -0.2) is 0 Å². The van der Waals surface area contributed by atoms with E-state index in [0.717, 1.165) is 12.1 Å². The van der Waals surface area contributed by atoms with E-state index in [1.165, 1.54) is 7.11 Å². The molecule has 1 aromatic carbocycles. The highest BCUT2D eigenvalue weighted by molar-refractivity contribution is 5.62. The average molecular weight is 303 g/mol. The predicted molar refractivity (Wildman–Crippen MR) is 64.7 cm³/mol. The summed E-state index contributed by atoms with van der Waals surface area (Å²) >= 11 is 0. The van der Waals surface area contributed by atoms with Gasteiger partial charge in [-0.2, -0.15) is 0 Å². The Balaban J connectivity index is 3.02. The molecule has 0 bridgehead atoms. The van der Waals surface area contributed by atoms with E-state index < -0.39 is 32.9 Å². The molecule has 0 aliphatic carbocycles. The van der Waals surface area contributed by atoms with Gasteiger partial charge in [0.1, 0.15) is 13.2 Å². The van der Waals surface area contributed by atoms with Crippen molar-refractivity contribution in [2.45, 2.75) is 0 Å². The van der Waals surface area contributed by atoms with Crippen molar-refractivity contribution in [3.63, 3.8) is 0 Å². The van der Waals surface area contributed by atoms with E-state index in [0.29, 0.717) is 0 Å². The third kappa shape index (κ3) is 4.15. The third-order valence-corrected chi connectivity index (χ3v) is 2.19. The molecule has 0 spiro atoms. The molecule has 12 nitrogen and oxygen atoms in total. The first-order valence-electron chi connectivity index (χ1n) is 5.27. The summed E-state index contributed by atoms with van der Waals surface area (Å²) in [6, 6.07) is 1.64. The Hall–Kier alpha value is -3.18. The summed E-state index contributed by atoms with van der Waals surface area (Å²) in [5.41, 5.74) is -1.54. The van der Waals surface area contributed by atoms with Crippen LogP contribution in [0.3, 0.4) is 0 Å². The van der Waals surface area contributed by atoms with Crippen LogP contribution in [-0.4, -0.2) is 35.3 Å². The summed E-state index contributed by atoms with van der Waals surface area (Å²) in [7, 11) is 1.19. The van der Waals surface area contributed by atoms with Crippen LogP contribution in [0.4, 0.5) is 11.4 Å². The minimum atomic E-state index is -1.03. The van der Waals surface area contributed by atoms with Crippen LogP contribution in [0.2, 0.25) is 0 Å². The Kier molecular flexibility index (Phi) is 5.17. The van der Waals surface area contributed by atoms with Gasteiger partial charge in [0.25, 0.3) is 5.09 Å². The predicted octanol–water partition coefficient (Wildman–Crippen LogP) is 1.10. The van der Waals surface area contributed by atoms with Gasteiger partial charge >= 0.3 is 11.4 Å². The van der Waals surface area contributed by atoms with Crippen LogP contribution in [0.1, 0.15) is 0 Å². The quantitative estimate of drug-likeness (QED) is 0.389. The Labute approximate surface area is 116 Å². The molecule has 0 aliphatic heterocycles. The van der Waals surface area contributed by atoms with Gasteiger partial charge in [0, 0.05) is 0 Å². The molecule has 21 heavy (non-hydrogen) atoms. The third-order valence-electron chi connectivity index (χ3n) is 2.19. The molecular formula is C9H9N3O9.